The first-order chi connectivity index (χ1) is 8.53. The lowest BCUT2D eigenvalue weighted by Crippen LogP contribution is -2.22. The highest BCUT2D eigenvalue weighted by Crippen LogP contribution is 2.22. The Hall–Kier alpha value is -1.82. The highest BCUT2D eigenvalue weighted by atomic mass is 32.2. The highest BCUT2D eigenvalue weighted by Gasteiger charge is 2.35. The second kappa shape index (κ2) is 4.81. The van der Waals surface area contributed by atoms with Crippen LogP contribution in [-0.2, 0) is 9.84 Å². The van der Waals surface area contributed by atoms with Gasteiger partial charge in [-0.25, -0.2) is 8.42 Å². The molecule has 0 saturated heterocycles. The van der Waals surface area contributed by atoms with Gasteiger partial charge >= 0.3 is 5.04 Å². The van der Waals surface area contributed by atoms with Gasteiger partial charge in [0.15, 0.2) is 11.4 Å². The molecule has 0 fully saturated rings. The van der Waals surface area contributed by atoms with Crippen LogP contribution in [-0.4, -0.2) is 13.5 Å². The Balaban J connectivity index is 2.53. The zero-order valence-electron chi connectivity index (χ0n) is 10.1. The predicted octanol–water partition coefficient (Wildman–Crippen LogP) is 2.12. The van der Waals surface area contributed by atoms with Gasteiger partial charge in [-0.05, 0) is 18.1 Å². The minimum absolute atomic E-state index is 0.0151. The lowest BCUT2D eigenvalue weighted by molar-refractivity contribution is 0.606. The average molecular weight is 263 g/mol. The third-order valence-electron chi connectivity index (χ3n) is 2.56. The van der Waals surface area contributed by atoms with Gasteiger partial charge in [0.05, 0.1) is 20.7 Å². The standard InChI is InChI=1S/C12H13N3O2S/c1-9(2)11-8-13-15-14-12(11)18(16,17)10-6-4-3-5-7-10/h3-9H,1-2H3/q+1. The van der Waals surface area contributed by atoms with E-state index in [4.69, 9.17) is 0 Å². The van der Waals surface area contributed by atoms with E-state index in [-0.39, 0.29) is 15.9 Å². The molecule has 2 rings (SSSR count). The molecule has 0 bridgehead atoms. The van der Waals surface area contributed by atoms with Crippen molar-refractivity contribution in [1.29, 1.82) is 0 Å². The van der Waals surface area contributed by atoms with Crippen LogP contribution in [0.1, 0.15) is 13.8 Å². The summed E-state index contributed by atoms with van der Waals surface area (Å²) in [5.41, 5.74) is 0.578. The van der Waals surface area contributed by atoms with Crippen LogP contribution in [0.25, 0.3) is 0 Å². The summed E-state index contributed by atoms with van der Waals surface area (Å²) in [5, 5.41) is 10.8. The minimum atomic E-state index is -3.63. The smallest absolute Gasteiger partial charge is 0.214 e. The van der Waals surface area contributed by atoms with Crippen molar-refractivity contribution in [3.05, 3.63) is 42.1 Å². The maximum atomic E-state index is 12.4. The molecule has 0 atom stereocenters. The van der Waals surface area contributed by atoms with Crippen LogP contribution in [0.4, 0.5) is 0 Å². The normalized spacial score (nSPS) is 15.5. The summed E-state index contributed by atoms with van der Waals surface area (Å²) in [6, 6.07) is 8.21. The van der Waals surface area contributed by atoms with Crippen LogP contribution in [0.15, 0.2) is 57.3 Å². The molecule has 0 spiro atoms. The van der Waals surface area contributed by atoms with Gasteiger partial charge in [-0.2, -0.15) is 0 Å². The molecule has 1 radical (unpaired) electrons. The van der Waals surface area contributed by atoms with Crippen molar-refractivity contribution < 1.29 is 8.42 Å². The number of hydrogen-bond donors (Lipinski definition) is 0. The van der Waals surface area contributed by atoms with Crippen molar-refractivity contribution in [2.75, 3.05) is 0 Å². The molecule has 0 saturated carbocycles. The Morgan fingerprint density at radius 3 is 2.44 bits per heavy atom. The van der Waals surface area contributed by atoms with Crippen LogP contribution in [0.3, 0.4) is 0 Å². The van der Waals surface area contributed by atoms with Gasteiger partial charge in [-0.1, -0.05) is 32.0 Å². The second-order valence-electron chi connectivity index (χ2n) is 4.17. The van der Waals surface area contributed by atoms with Crippen LogP contribution in [0.5, 0.6) is 0 Å². The molecule has 18 heavy (non-hydrogen) atoms. The van der Waals surface area contributed by atoms with E-state index in [0.29, 0.717) is 5.57 Å². The van der Waals surface area contributed by atoms with E-state index in [1.807, 2.05) is 13.8 Å². The Bertz CT molecular complexity index is 629. The highest BCUT2D eigenvalue weighted by molar-refractivity contribution is 8.07. The fourth-order valence-electron chi connectivity index (χ4n) is 1.58. The van der Waals surface area contributed by atoms with Crippen LogP contribution in [0, 0.1) is 5.92 Å². The molecule has 0 N–H and O–H groups in total. The molecule has 0 aliphatic carbocycles. The zero-order valence-corrected chi connectivity index (χ0v) is 10.9. The number of sulfone groups is 1. The van der Waals surface area contributed by atoms with E-state index in [1.165, 1.54) is 6.20 Å². The first-order valence-electron chi connectivity index (χ1n) is 5.52. The summed E-state index contributed by atoms with van der Waals surface area (Å²) >= 11 is 0. The van der Waals surface area contributed by atoms with E-state index in [9.17, 15) is 8.42 Å². The first-order valence-corrected chi connectivity index (χ1v) is 7.00. The fraction of sp³-hybridized carbons (Fsp3) is 0.250. The quantitative estimate of drug-likeness (QED) is 0.819. The zero-order chi connectivity index (χ0) is 13.2. The van der Waals surface area contributed by atoms with Crippen molar-refractivity contribution >= 4 is 14.9 Å². The third kappa shape index (κ3) is 2.24. The van der Waals surface area contributed by atoms with E-state index < -0.39 is 9.84 Å². The predicted molar refractivity (Wildman–Crippen MR) is 68.5 cm³/mol. The molecule has 1 aliphatic heterocycles. The van der Waals surface area contributed by atoms with E-state index >= 15 is 0 Å². The summed E-state index contributed by atoms with van der Waals surface area (Å²) in [5.74, 6) is 0.0153. The van der Waals surface area contributed by atoms with E-state index in [2.05, 4.69) is 15.4 Å². The molecule has 5 nitrogen and oxygen atoms in total. The van der Waals surface area contributed by atoms with Crippen molar-refractivity contribution in [2.24, 2.45) is 16.2 Å². The Labute approximate surface area is 106 Å². The van der Waals surface area contributed by atoms with Crippen molar-refractivity contribution in [1.82, 2.24) is 5.11 Å². The number of hydrogen-bond acceptors (Lipinski definition) is 5. The molecule has 6 heteroatoms. The largest absolute Gasteiger partial charge is 0.306 e. The molecule has 0 amide bonds. The average Bonchev–Trinajstić information content (AvgIpc) is 2.39. The van der Waals surface area contributed by atoms with Crippen molar-refractivity contribution in [2.45, 2.75) is 18.7 Å². The lowest BCUT2D eigenvalue weighted by atomic mass is 10.1. The molecule has 0 aromatic heterocycles. The molecular formula is C12H13N3O2S+. The van der Waals surface area contributed by atoms with Crippen LogP contribution in [0.2, 0.25) is 0 Å². The molecular weight excluding hydrogens is 250 g/mol. The van der Waals surface area contributed by atoms with E-state index in [0.717, 1.165) is 0 Å². The van der Waals surface area contributed by atoms with Gasteiger partial charge in [0.2, 0.25) is 0 Å². The Kier molecular flexibility index (Phi) is 3.38. The SMILES string of the molecule is CC(C)C1=C[N+]=NN=C1S(=O)(=O)c1ccccc1. The van der Waals surface area contributed by atoms with Gasteiger partial charge in [-0.3, -0.25) is 0 Å². The topological polar surface area (TPSA) is 73.0 Å². The number of nitrogens with zero attached hydrogens (tertiary/aromatic N) is 3. The van der Waals surface area contributed by atoms with E-state index in [1.54, 1.807) is 30.3 Å². The summed E-state index contributed by atoms with van der Waals surface area (Å²) in [6.45, 7) is 3.78. The molecule has 1 aromatic rings. The van der Waals surface area contributed by atoms with Crippen molar-refractivity contribution in [3.63, 3.8) is 0 Å². The summed E-state index contributed by atoms with van der Waals surface area (Å²) in [6.07, 6.45) is 1.45. The summed E-state index contributed by atoms with van der Waals surface area (Å²) < 4.78 is 24.9. The third-order valence-corrected chi connectivity index (χ3v) is 4.28. The second-order valence-corrected chi connectivity index (χ2v) is 6.03. The van der Waals surface area contributed by atoms with Gasteiger partial charge in [0.1, 0.15) is 0 Å². The van der Waals surface area contributed by atoms with Gasteiger partial charge in [0.25, 0.3) is 9.84 Å². The molecule has 1 aromatic carbocycles. The molecule has 93 valence electrons. The molecule has 1 aliphatic rings. The summed E-state index contributed by atoms with van der Waals surface area (Å²) in [4.78, 5) is 0.215. The van der Waals surface area contributed by atoms with Crippen LogP contribution >= 0.6 is 0 Å². The fourth-order valence-corrected chi connectivity index (χ4v) is 3.07. The van der Waals surface area contributed by atoms with Gasteiger partial charge < -0.3 is 0 Å². The van der Waals surface area contributed by atoms with Gasteiger partial charge in [-0.15, -0.1) is 0 Å². The monoisotopic (exact) mass is 263 g/mol. The number of rotatable bonds is 2. The maximum absolute atomic E-state index is 12.4. The number of benzene rings is 1. The molecule has 1 heterocycles. The summed E-state index contributed by atoms with van der Waals surface area (Å²) in [7, 11) is -3.63. The van der Waals surface area contributed by atoms with Gasteiger partial charge in [0, 0.05) is 0 Å². The van der Waals surface area contributed by atoms with Crippen molar-refractivity contribution in [3.8, 4) is 0 Å². The first kappa shape index (κ1) is 12.6. The Morgan fingerprint density at radius 1 is 1.17 bits per heavy atom. The molecule has 0 unspecified atom stereocenters. The lowest BCUT2D eigenvalue weighted by Gasteiger charge is -2.08. The maximum Gasteiger partial charge on any atom is 0.306 e. The minimum Gasteiger partial charge on any atom is -0.214 e. The Morgan fingerprint density at radius 2 is 1.83 bits per heavy atom. The van der Waals surface area contributed by atoms with Crippen LogP contribution < -0.4 is 5.11 Å².